The van der Waals surface area contributed by atoms with Gasteiger partial charge in [0, 0.05) is 23.8 Å². The van der Waals surface area contributed by atoms with E-state index in [-0.39, 0.29) is 22.2 Å². The van der Waals surface area contributed by atoms with E-state index in [9.17, 15) is 14.7 Å². The standard InChI is InChI=1S/C29H40O4/c1-17(15-29(32)16-18(2)25(31)33-29)20-8-9-21-19-7-10-23-26(3,4)24(30)12-14-28(23,6)22(19)11-13-27(20,21)5/h9,16-17,20,23,32H,7-8,10-15H2,1-6H3/t17-,20-,23-,27-,28+,29?/m0/s1. The number of carbonyl (C=O) groups is 2. The molecule has 1 heterocycles. The van der Waals surface area contributed by atoms with Gasteiger partial charge in [-0.15, -0.1) is 0 Å². The third-order valence-electron chi connectivity index (χ3n) is 10.5. The average Bonchev–Trinajstić information content (AvgIpc) is 3.20. The molecule has 0 aromatic heterocycles. The number of esters is 1. The van der Waals surface area contributed by atoms with Crippen LogP contribution >= 0.6 is 0 Å². The Bertz CT molecular complexity index is 1010. The van der Waals surface area contributed by atoms with Gasteiger partial charge in [0.05, 0.1) is 0 Å². The number of carbonyl (C=O) groups excluding carboxylic acids is 2. The highest BCUT2D eigenvalue weighted by molar-refractivity contribution is 5.90. The van der Waals surface area contributed by atoms with Crippen LogP contribution in [0.2, 0.25) is 0 Å². The van der Waals surface area contributed by atoms with E-state index in [1.165, 1.54) is 5.57 Å². The Hall–Kier alpha value is -1.68. The normalized spacial score (nSPS) is 42.8. The molecule has 33 heavy (non-hydrogen) atoms. The van der Waals surface area contributed by atoms with Crippen molar-refractivity contribution in [3.05, 3.63) is 34.4 Å². The molecule has 1 aliphatic heterocycles. The van der Waals surface area contributed by atoms with Crippen LogP contribution in [0.25, 0.3) is 0 Å². The van der Waals surface area contributed by atoms with Crippen LogP contribution in [0.15, 0.2) is 34.4 Å². The molecule has 4 aliphatic carbocycles. The van der Waals surface area contributed by atoms with Gasteiger partial charge in [0.1, 0.15) is 5.78 Å². The van der Waals surface area contributed by atoms with Crippen LogP contribution in [0.4, 0.5) is 0 Å². The molecule has 0 aromatic carbocycles. The van der Waals surface area contributed by atoms with Gasteiger partial charge in [0.2, 0.25) is 5.79 Å². The first-order chi connectivity index (χ1) is 15.3. The van der Waals surface area contributed by atoms with Crippen molar-refractivity contribution in [1.29, 1.82) is 0 Å². The molecule has 0 spiro atoms. The van der Waals surface area contributed by atoms with E-state index >= 15 is 0 Å². The summed E-state index contributed by atoms with van der Waals surface area (Å²) in [4.78, 5) is 24.6. The van der Waals surface area contributed by atoms with E-state index in [1.54, 1.807) is 24.1 Å². The second-order valence-corrected chi connectivity index (χ2v) is 12.7. The molecule has 1 saturated carbocycles. The van der Waals surface area contributed by atoms with Gasteiger partial charge in [-0.3, -0.25) is 4.79 Å². The van der Waals surface area contributed by atoms with Crippen molar-refractivity contribution in [2.24, 2.45) is 34.0 Å². The third-order valence-corrected chi connectivity index (χ3v) is 10.5. The lowest BCUT2D eigenvalue weighted by atomic mass is 9.46. The molecule has 1 N–H and O–H groups in total. The lowest BCUT2D eigenvalue weighted by molar-refractivity contribution is -0.185. The summed E-state index contributed by atoms with van der Waals surface area (Å²) in [5.41, 5.74) is 5.26. The van der Waals surface area contributed by atoms with Crippen LogP contribution < -0.4 is 0 Å². The van der Waals surface area contributed by atoms with Crippen molar-refractivity contribution in [2.75, 3.05) is 0 Å². The third kappa shape index (κ3) is 3.19. The average molecular weight is 453 g/mol. The Balaban J connectivity index is 1.42. The lowest BCUT2D eigenvalue weighted by Crippen LogP contribution is -2.51. The summed E-state index contributed by atoms with van der Waals surface area (Å²) in [6.07, 6.45) is 11.6. The number of ether oxygens (including phenoxy) is 1. The van der Waals surface area contributed by atoms with Gasteiger partial charge in [-0.05, 0) is 91.3 Å². The van der Waals surface area contributed by atoms with Crippen molar-refractivity contribution >= 4 is 11.8 Å². The molecule has 180 valence electrons. The molecule has 5 aliphatic rings. The predicted octanol–water partition coefficient (Wildman–Crippen LogP) is 6.05. The summed E-state index contributed by atoms with van der Waals surface area (Å²) in [6, 6.07) is 0. The highest BCUT2D eigenvalue weighted by Crippen LogP contribution is 2.66. The largest absolute Gasteiger partial charge is 0.426 e. The van der Waals surface area contributed by atoms with Crippen molar-refractivity contribution in [3.63, 3.8) is 0 Å². The number of Topliss-reactive ketones (excluding diaryl/α,β-unsaturated/α-hetero) is 1. The molecule has 5 rings (SSSR count). The number of ketones is 1. The molecular weight excluding hydrogens is 412 g/mol. The zero-order chi connectivity index (χ0) is 24.0. The smallest absolute Gasteiger partial charge is 0.336 e. The van der Waals surface area contributed by atoms with E-state index < -0.39 is 11.8 Å². The van der Waals surface area contributed by atoms with Gasteiger partial charge in [0.25, 0.3) is 0 Å². The molecule has 4 nitrogen and oxygen atoms in total. The fourth-order valence-corrected chi connectivity index (χ4v) is 8.76. The van der Waals surface area contributed by atoms with Crippen LogP contribution in [0.1, 0.15) is 92.9 Å². The van der Waals surface area contributed by atoms with Gasteiger partial charge in [-0.25, -0.2) is 4.79 Å². The van der Waals surface area contributed by atoms with E-state index in [4.69, 9.17) is 4.74 Å². The zero-order valence-corrected chi connectivity index (χ0v) is 21.2. The minimum Gasteiger partial charge on any atom is -0.426 e. The molecule has 0 amide bonds. The molecule has 1 unspecified atom stereocenters. The molecule has 1 fully saturated rings. The fraction of sp³-hybridized carbons (Fsp3) is 0.724. The monoisotopic (exact) mass is 452 g/mol. The molecule has 0 radical (unpaired) electrons. The first-order valence-electron chi connectivity index (χ1n) is 12.9. The quantitative estimate of drug-likeness (QED) is 0.529. The van der Waals surface area contributed by atoms with Crippen molar-refractivity contribution in [2.45, 2.75) is 98.7 Å². The Kier molecular flexibility index (Phi) is 5.01. The fourth-order valence-electron chi connectivity index (χ4n) is 8.76. The number of hydrogen-bond acceptors (Lipinski definition) is 4. The Morgan fingerprint density at radius 1 is 1.09 bits per heavy atom. The van der Waals surface area contributed by atoms with Crippen LogP contribution in [-0.4, -0.2) is 22.6 Å². The number of cyclic esters (lactones) is 1. The van der Waals surface area contributed by atoms with Gasteiger partial charge >= 0.3 is 5.97 Å². The molecule has 4 heteroatoms. The van der Waals surface area contributed by atoms with Crippen LogP contribution in [-0.2, 0) is 14.3 Å². The zero-order valence-electron chi connectivity index (χ0n) is 21.2. The van der Waals surface area contributed by atoms with E-state index in [0.717, 1.165) is 38.5 Å². The number of fused-ring (bicyclic) bond motifs is 4. The molecule has 0 aromatic rings. The highest BCUT2D eigenvalue weighted by Gasteiger charge is 2.57. The Morgan fingerprint density at radius 2 is 1.79 bits per heavy atom. The van der Waals surface area contributed by atoms with Crippen molar-refractivity contribution in [3.8, 4) is 0 Å². The highest BCUT2D eigenvalue weighted by atomic mass is 16.7. The minimum atomic E-state index is -1.47. The number of allylic oxidation sites excluding steroid dienone is 4. The van der Waals surface area contributed by atoms with Crippen molar-refractivity contribution < 1.29 is 19.4 Å². The molecule has 0 saturated heterocycles. The molecule has 0 bridgehead atoms. The second kappa shape index (κ2) is 7.16. The number of hydrogen-bond donors (Lipinski definition) is 1. The Morgan fingerprint density at radius 3 is 2.45 bits per heavy atom. The Labute approximate surface area is 198 Å². The maximum absolute atomic E-state index is 12.7. The van der Waals surface area contributed by atoms with Gasteiger partial charge < -0.3 is 9.84 Å². The van der Waals surface area contributed by atoms with Crippen molar-refractivity contribution in [1.82, 2.24) is 0 Å². The summed E-state index contributed by atoms with van der Waals surface area (Å²) in [7, 11) is 0. The summed E-state index contributed by atoms with van der Waals surface area (Å²) >= 11 is 0. The number of aliphatic hydroxyl groups is 1. The maximum atomic E-state index is 12.7. The van der Waals surface area contributed by atoms with E-state index in [2.05, 4.69) is 40.7 Å². The van der Waals surface area contributed by atoms with E-state index in [0.29, 0.717) is 36.0 Å². The van der Waals surface area contributed by atoms with Crippen LogP contribution in [0.3, 0.4) is 0 Å². The summed E-state index contributed by atoms with van der Waals surface area (Å²) in [5, 5.41) is 10.9. The minimum absolute atomic E-state index is 0.0964. The molecular formula is C29H40O4. The first kappa shape index (κ1) is 23.1. The molecule has 6 atom stereocenters. The van der Waals surface area contributed by atoms with E-state index in [1.807, 2.05) is 0 Å². The summed E-state index contributed by atoms with van der Waals surface area (Å²) < 4.78 is 5.32. The van der Waals surface area contributed by atoms with Gasteiger partial charge in [0.15, 0.2) is 0 Å². The second-order valence-electron chi connectivity index (χ2n) is 12.7. The van der Waals surface area contributed by atoms with Crippen LogP contribution in [0, 0.1) is 34.0 Å². The summed E-state index contributed by atoms with van der Waals surface area (Å²) in [5.74, 6) is -0.347. The maximum Gasteiger partial charge on any atom is 0.336 e. The topological polar surface area (TPSA) is 63.6 Å². The van der Waals surface area contributed by atoms with Gasteiger partial charge in [-0.1, -0.05) is 46.3 Å². The van der Waals surface area contributed by atoms with Gasteiger partial charge in [-0.2, -0.15) is 0 Å². The number of rotatable bonds is 3. The first-order valence-corrected chi connectivity index (χ1v) is 12.9. The SMILES string of the molecule is CC1=CC(O)(C[C@H](C)[C@@H]2CC=C3C4=C(CC[C@]32C)[C@@]2(C)CCC(=O)C(C)(C)[C@@H]2CC4)OC1=O. The van der Waals surface area contributed by atoms with Crippen LogP contribution in [0.5, 0.6) is 0 Å². The predicted molar refractivity (Wildman–Crippen MR) is 128 cm³/mol. The summed E-state index contributed by atoms with van der Waals surface area (Å²) in [6.45, 7) is 13.1. The lowest BCUT2D eigenvalue weighted by Gasteiger charge is -2.57.